The maximum absolute atomic E-state index is 15.7. The zero-order valence-corrected chi connectivity index (χ0v) is 16.7. The number of fused-ring (bicyclic) bond motifs is 2. The Bertz CT molecular complexity index is 1100. The molecule has 2 aliphatic carbocycles. The van der Waals surface area contributed by atoms with Crippen molar-refractivity contribution in [3.63, 3.8) is 0 Å². The molecule has 1 aromatic carbocycles. The van der Waals surface area contributed by atoms with E-state index in [0.717, 1.165) is 32.1 Å². The molecule has 1 saturated heterocycles. The average molecular weight is 403 g/mol. The number of aliphatic hydroxyl groups is 1. The minimum absolute atomic E-state index is 0.0200. The van der Waals surface area contributed by atoms with Gasteiger partial charge in [0.25, 0.3) is 5.56 Å². The maximum atomic E-state index is 15.7. The van der Waals surface area contributed by atoms with Gasteiger partial charge in [-0.25, -0.2) is 9.18 Å². The monoisotopic (exact) mass is 403 g/mol. The van der Waals surface area contributed by atoms with Gasteiger partial charge in [-0.05, 0) is 38.5 Å². The maximum Gasteiger partial charge on any atom is 0.329 e. The summed E-state index contributed by atoms with van der Waals surface area (Å²) >= 11 is 0. The van der Waals surface area contributed by atoms with E-state index >= 15 is 4.39 Å². The highest BCUT2D eigenvalue weighted by Gasteiger charge is 2.41. The third-order valence-electron chi connectivity index (χ3n) is 6.98. The molecule has 2 N–H and O–H groups in total. The van der Waals surface area contributed by atoms with Crippen LogP contribution < -0.4 is 20.9 Å². The third-order valence-corrected chi connectivity index (χ3v) is 6.98. The molecule has 3 unspecified atom stereocenters. The first-order chi connectivity index (χ1) is 13.9. The minimum Gasteiger partial charge on any atom is -0.493 e. The van der Waals surface area contributed by atoms with Crippen molar-refractivity contribution in [1.29, 1.82) is 0 Å². The Balaban J connectivity index is 1.76. The number of aromatic nitrogens is 2. The Kier molecular flexibility index (Phi) is 4.24. The van der Waals surface area contributed by atoms with E-state index in [-0.39, 0.29) is 29.2 Å². The van der Waals surface area contributed by atoms with Crippen molar-refractivity contribution >= 4 is 16.6 Å². The molecule has 0 amide bonds. The first-order valence-corrected chi connectivity index (χ1v) is 10.4. The van der Waals surface area contributed by atoms with Gasteiger partial charge < -0.3 is 14.7 Å². The van der Waals surface area contributed by atoms with Gasteiger partial charge >= 0.3 is 5.69 Å². The van der Waals surface area contributed by atoms with Crippen LogP contribution in [0.1, 0.15) is 43.7 Å². The second-order valence-corrected chi connectivity index (χ2v) is 8.73. The number of hydrogen-bond donors (Lipinski definition) is 2. The summed E-state index contributed by atoms with van der Waals surface area (Å²) in [6.07, 6.45) is 4.14. The lowest BCUT2D eigenvalue weighted by molar-refractivity contribution is 0.0565. The lowest BCUT2D eigenvalue weighted by Gasteiger charge is -2.28. The molecule has 8 heteroatoms. The van der Waals surface area contributed by atoms with E-state index in [2.05, 4.69) is 4.98 Å². The number of benzene rings is 1. The van der Waals surface area contributed by atoms with E-state index in [0.29, 0.717) is 35.8 Å². The molecule has 2 heterocycles. The van der Waals surface area contributed by atoms with E-state index in [1.807, 2.05) is 4.90 Å². The molecule has 0 spiro atoms. The van der Waals surface area contributed by atoms with Crippen LogP contribution in [0.2, 0.25) is 0 Å². The van der Waals surface area contributed by atoms with Crippen molar-refractivity contribution in [3.8, 4) is 5.75 Å². The number of methoxy groups -OCH3 is 1. The largest absolute Gasteiger partial charge is 0.493 e. The zero-order chi connectivity index (χ0) is 20.4. The summed E-state index contributed by atoms with van der Waals surface area (Å²) in [6.45, 7) is 3.00. The van der Waals surface area contributed by atoms with Crippen LogP contribution in [0.4, 0.5) is 10.1 Å². The van der Waals surface area contributed by atoms with Crippen molar-refractivity contribution in [2.75, 3.05) is 25.1 Å². The summed E-state index contributed by atoms with van der Waals surface area (Å²) in [7, 11) is 1.34. The van der Waals surface area contributed by atoms with Gasteiger partial charge in [0.15, 0.2) is 11.6 Å². The summed E-state index contributed by atoms with van der Waals surface area (Å²) in [6, 6.07) is 0.0200. The number of halogens is 1. The highest BCUT2D eigenvalue weighted by Crippen LogP contribution is 2.45. The van der Waals surface area contributed by atoms with Crippen LogP contribution in [-0.2, 0) is 0 Å². The van der Waals surface area contributed by atoms with Crippen molar-refractivity contribution in [3.05, 3.63) is 32.2 Å². The number of aryl methyl sites for hydroxylation is 1. The Labute approximate surface area is 167 Å². The van der Waals surface area contributed by atoms with Crippen molar-refractivity contribution in [2.24, 2.45) is 11.8 Å². The van der Waals surface area contributed by atoms with Gasteiger partial charge in [0.05, 0.1) is 24.4 Å². The van der Waals surface area contributed by atoms with Crippen LogP contribution in [0.25, 0.3) is 10.9 Å². The first kappa shape index (κ1) is 18.7. The topological polar surface area (TPSA) is 87.6 Å². The zero-order valence-electron chi connectivity index (χ0n) is 16.7. The van der Waals surface area contributed by atoms with E-state index in [9.17, 15) is 14.7 Å². The van der Waals surface area contributed by atoms with E-state index in [1.54, 1.807) is 11.5 Å². The normalized spacial score (nSPS) is 26.8. The SMILES string of the molecule is COc1c(F)c(N2CC3CCCC(O)C3C2)c(C)c2c1c(=O)[nH]c(=O)n2C1CC1. The summed E-state index contributed by atoms with van der Waals surface area (Å²) in [5, 5.41) is 10.5. The lowest BCUT2D eigenvalue weighted by Crippen LogP contribution is -2.32. The molecule has 29 heavy (non-hydrogen) atoms. The Hall–Kier alpha value is -2.35. The minimum atomic E-state index is -0.627. The van der Waals surface area contributed by atoms with E-state index < -0.39 is 17.1 Å². The molecule has 7 nitrogen and oxygen atoms in total. The summed E-state index contributed by atoms with van der Waals surface area (Å²) in [5.41, 5.74) is 0.345. The molecule has 3 atom stereocenters. The van der Waals surface area contributed by atoms with Gasteiger partial charge in [0.2, 0.25) is 0 Å². The van der Waals surface area contributed by atoms with E-state index in [4.69, 9.17) is 4.74 Å². The molecule has 0 radical (unpaired) electrons. The van der Waals surface area contributed by atoms with Crippen LogP contribution in [0.3, 0.4) is 0 Å². The fraction of sp³-hybridized carbons (Fsp3) is 0.619. The molecule has 0 bridgehead atoms. The van der Waals surface area contributed by atoms with Crippen LogP contribution in [-0.4, -0.2) is 41.0 Å². The molecular formula is C21H26FN3O4. The third kappa shape index (κ3) is 2.72. The van der Waals surface area contributed by atoms with Gasteiger partial charge in [-0.15, -0.1) is 0 Å². The molecule has 2 saturated carbocycles. The van der Waals surface area contributed by atoms with Crippen molar-refractivity contribution in [2.45, 2.75) is 51.2 Å². The smallest absolute Gasteiger partial charge is 0.329 e. The van der Waals surface area contributed by atoms with Crippen LogP contribution in [0.5, 0.6) is 5.75 Å². The van der Waals surface area contributed by atoms with Gasteiger partial charge in [-0.2, -0.15) is 0 Å². The van der Waals surface area contributed by atoms with Crippen LogP contribution in [0, 0.1) is 24.6 Å². The number of hydrogen-bond acceptors (Lipinski definition) is 5. The molecule has 5 rings (SSSR count). The van der Waals surface area contributed by atoms with Gasteiger partial charge in [-0.3, -0.25) is 14.3 Å². The molecule has 2 aromatic rings. The van der Waals surface area contributed by atoms with E-state index in [1.165, 1.54) is 7.11 Å². The summed E-state index contributed by atoms with van der Waals surface area (Å²) in [4.78, 5) is 29.5. The van der Waals surface area contributed by atoms with Gasteiger partial charge in [0.1, 0.15) is 5.39 Å². The fourth-order valence-electron chi connectivity index (χ4n) is 5.49. The highest BCUT2D eigenvalue weighted by molar-refractivity contribution is 5.93. The molecule has 1 aromatic heterocycles. The van der Waals surface area contributed by atoms with Gasteiger partial charge in [0, 0.05) is 30.6 Å². The predicted octanol–water partition coefficient (Wildman–Crippen LogP) is 2.08. The number of H-pyrrole nitrogens is 1. The number of rotatable bonds is 3. The fourth-order valence-corrected chi connectivity index (χ4v) is 5.49. The molecule has 3 aliphatic rings. The predicted molar refractivity (Wildman–Crippen MR) is 107 cm³/mol. The van der Waals surface area contributed by atoms with Gasteiger partial charge in [-0.1, -0.05) is 6.42 Å². The Morgan fingerprint density at radius 3 is 2.59 bits per heavy atom. The molecule has 3 fully saturated rings. The number of anilines is 1. The molecular weight excluding hydrogens is 377 g/mol. The second-order valence-electron chi connectivity index (χ2n) is 8.73. The van der Waals surface area contributed by atoms with Crippen molar-refractivity contribution in [1.82, 2.24) is 9.55 Å². The number of nitrogens with zero attached hydrogens (tertiary/aromatic N) is 2. The average Bonchev–Trinajstić information content (AvgIpc) is 3.41. The number of aromatic amines is 1. The Morgan fingerprint density at radius 2 is 1.93 bits per heavy atom. The molecule has 156 valence electrons. The van der Waals surface area contributed by atoms with Crippen LogP contribution in [0.15, 0.2) is 9.59 Å². The highest BCUT2D eigenvalue weighted by atomic mass is 19.1. The van der Waals surface area contributed by atoms with Crippen molar-refractivity contribution < 1.29 is 14.2 Å². The number of ether oxygens (including phenoxy) is 1. The van der Waals surface area contributed by atoms with Crippen LogP contribution >= 0.6 is 0 Å². The molecule has 1 aliphatic heterocycles. The summed E-state index contributed by atoms with van der Waals surface area (Å²) < 4.78 is 22.6. The quantitative estimate of drug-likeness (QED) is 0.819. The number of nitrogens with one attached hydrogen (secondary N) is 1. The standard InChI is InChI=1S/C21H26FN3O4/c1-10-17-15(20(27)23-21(28)25(17)12-6-7-12)19(29-2)16(22)18(10)24-8-11-4-3-5-14(26)13(11)9-24/h11-14,26H,3-9H2,1-2H3,(H,23,27,28). The Morgan fingerprint density at radius 1 is 1.17 bits per heavy atom. The number of aliphatic hydroxyl groups excluding tert-OH is 1. The summed E-state index contributed by atoms with van der Waals surface area (Å²) in [5.74, 6) is -0.248. The first-order valence-electron chi connectivity index (χ1n) is 10.4. The lowest BCUT2D eigenvalue weighted by atomic mass is 9.80. The second kappa shape index (κ2) is 6.58.